The molecule has 1 heterocycles. The maximum atomic E-state index is 12.9. The van der Waals surface area contributed by atoms with Crippen molar-refractivity contribution in [1.29, 1.82) is 0 Å². The van der Waals surface area contributed by atoms with Gasteiger partial charge in [0.05, 0.1) is 17.1 Å². The number of carbonyl (C=O) groups is 2. The molecule has 1 atom stereocenters. The summed E-state index contributed by atoms with van der Waals surface area (Å²) in [6.07, 6.45) is 2.47. The molecule has 3 rings (SSSR count). The summed E-state index contributed by atoms with van der Waals surface area (Å²) in [4.78, 5) is 37.4. The predicted molar refractivity (Wildman–Crippen MR) is 121 cm³/mol. The summed E-state index contributed by atoms with van der Waals surface area (Å²) >= 11 is 7.20. The van der Waals surface area contributed by atoms with Gasteiger partial charge in [-0.25, -0.2) is 4.79 Å². The lowest BCUT2D eigenvalue weighted by Gasteiger charge is -2.33. The number of nitro benzene ring substituents is 1. The summed E-state index contributed by atoms with van der Waals surface area (Å²) in [5, 5.41) is 14.6. The molecule has 1 aromatic heterocycles. The zero-order valence-corrected chi connectivity index (χ0v) is 19.5. The van der Waals surface area contributed by atoms with Crippen molar-refractivity contribution in [3.8, 4) is 0 Å². The molecular weight excluding hydrogens is 440 g/mol. The summed E-state index contributed by atoms with van der Waals surface area (Å²) in [6, 6.07) is 3.86. The Bertz CT molecular complexity index is 1040. The topological polar surface area (TPSA) is 98.5 Å². The molecule has 0 bridgehead atoms. The predicted octanol–water partition coefficient (Wildman–Crippen LogP) is 5.89. The van der Waals surface area contributed by atoms with E-state index in [1.165, 1.54) is 23.5 Å². The SMILES string of the molecule is CCOC(=O)c1c(NC(=O)c2ccc(Cl)cc2[N+](=O)[O-])sc2c1CC[C@@H](C(C)(C)C)C2. The Morgan fingerprint density at radius 1 is 1.35 bits per heavy atom. The van der Waals surface area contributed by atoms with E-state index in [4.69, 9.17) is 16.3 Å². The Kier molecular flexibility index (Phi) is 6.71. The van der Waals surface area contributed by atoms with Crippen molar-refractivity contribution < 1.29 is 19.2 Å². The van der Waals surface area contributed by atoms with Crippen LogP contribution in [0.3, 0.4) is 0 Å². The number of ether oxygens (including phenoxy) is 1. The Hall–Kier alpha value is -2.45. The van der Waals surface area contributed by atoms with E-state index in [1.54, 1.807) is 6.92 Å². The van der Waals surface area contributed by atoms with Crippen LogP contribution in [0.2, 0.25) is 5.02 Å². The number of rotatable bonds is 5. The number of nitrogens with one attached hydrogen (secondary N) is 1. The number of carbonyl (C=O) groups excluding carboxylic acids is 2. The average molecular weight is 465 g/mol. The largest absolute Gasteiger partial charge is 0.462 e. The van der Waals surface area contributed by atoms with E-state index in [-0.39, 0.29) is 22.6 Å². The highest BCUT2D eigenvalue weighted by Gasteiger charge is 2.35. The third kappa shape index (κ3) is 4.91. The Labute approximate surface area is 189 Å². The minimum atomic E-state index is -0.667. The molecule has 2 aromatic rings. The van der Waals surface area contributed by atoms with Crippen LogP contribution < -0.4 is 5.32 Å². The number of nitro groups is 1. The number of halogens is 1. The first-order chi connectivity index (χ1) is 14.5. The molecule has 1 N–H and O–H groups in total. The second-order valence-electron chi connectivity index (χ2n) is 8.61. The van der Waals surface area contributed by atoms with Gasteiger partial charge in [0.1, 0.15) is 10.6 Å². The minimum Gasteiger partial charge on any atom is -0.462 e. The van der Waals surface area contributed by atoms with Crippen LogP contribution in [-0.4, -0.2) is 23.4 Å². The zero-order chi connectivity index (χ0) is 22.9. The normalized spacial score (nSPS) is 15.8. The minimum absolute atomic E-state index is 0.122. The van der Waals surface area contributed by atoms with Gasteiger partial charge in [-0.15, -0.1) is 11.3 Å². The number of hydrogen-bond acceptors (Lipinski definition) is 6. The smallest absolute Gasteiger partial charge is 0.341 e. The fraction of sp³-hybridized carbons (Fsp3) is 0.455. The molecule has 31 heavy (non-hydrogen) atoms. The standard InChI is InChI=1S/C22H25ClN2O5S/c1-5-30-21(27)18-15-8-6-12(22(2,3)4)10-17(15)31-20(18)24-19(26)14-9-7-13(23)11-16(14)25(28)29/h7,9,11-12H,5-6,8,10H2,1-4H3,(H,24,26)/t12-/m1/s1. The number of esters is 1. The molecule has 1 aliphatic carbocycles. The molecule has 1 aliphatic rings. The van der Waals surface area contributed by atoms with E-state index in [0.29, 0.717) is 16.5 Å². The third-order valence-electron chi connectivity index (χ3n) is 5.60. The van der Waals surface area contributed by atoms with Gasteiger partial charge in [-0.3, -0.25) is 14.9 Å². The van der Waals surface area contributed by atoms with E-state index >= 15 is 0 Å². The van der Waals surface area contributed by atoms with E-state index in [9.17, 15) is 19.7 Å². The summed E-state index contributed by atoms with van der Waals surface area (Å²) in [7, 11) is 0. The fourth-order valence-electron chi connectivity index (χ4n) is 3.85. The van der Waals surface area contributed by atoms with Gasteiger partial charge in [0.2, 0.25) is 0 Å². The van der Waals surface area contributed by atoms with Gasteiger partial charge in [0.15, 0.2) is 0 Å². The van der Waals surface area contributed by atoms with Gasteiger partial charge in [-0.1, -0.05) is 32.4 Å². The van der Waals surface area contributed by atoms with Gasteiger partial charge in [0.25, 0.3) is 11.6 Å². The van der Waals surface area contributed by atoms with Crippen LogP contribution in [0.1, 0.15) is 65.3 Å². The summed E-state index contributed by atoms with van der Waals surface area (Å²) < 4.78 is 5.24. The second kappa shape index (κ2) is 8.96. The quantitative estimate of drug-likeness (QED) is 0.338. The van der Waals surface area contributed by atoms with E-state index in [1.807, 2.05) is 0 Å². The van der Waals surface area contributed by atoms with Crippen molar-refractivity contribution in [3.63, 3.8) is 0 Å². The number of nitrogens with zero attached hydrogens (tertiary/aromatic N) is 1. The summed E-state index contributed by atoms with van der Waals surface area (Å²) in [5.41, 5.74) is 0.878. The number of thiophene rings is 1. The maximum Gasteiger partial charge on any atom is 0.341 e. The molecule has 9 heteroatoms. The highest BCUT2D eigenvalue weighted by Crippen LogP contribution is 2.44. The third-order valence-corrected chi connectivity index (χ3v) is 7.00. The van der Waals surface area contributed by atoms with Crippen molar-refractivity contribution in [2.75, 3.05) is 11.9 Å². The second-order valence-corrected chi connectivity index (χ2v) is 10.1. The molecule has 0 unspecified atom stereocenters. The average Bonchev–Trinajstić information content (AvgIpc) is 3.04. The van der Waals surface area contributed by atoms with Gasteiger partial charge < -0.3 is 10.1 Å². The van der Waals surface area contributed by atoms with Gasteiger partial charge in [-0.2, -0.15) is 0 Å². The number of amides is 1. The molecule has 0 spiro atoms. The molecule has 0 aliphatic heterocycles. The summed E-state index contributed by atoms with van der Waals surface area (Å²) in [6.45, 7) is 8.53. The number of anilines is 1. The summed E-state index contributed by atoms with van der Waals surface area (Å²) in [5.74, 6) is -0.704. The zero-order valence-electron chi connectivity index (χ0n) is 17.9. The van der Waals surface area contributed by atoms with Crippen molar-refractivity contribution in [2.24, 2.45) is 11.3 Å². The molecule has 7 nitrogen and oxygen atoms in total. The molecule has 1 aromatic carbocycles. The Morgan fingerprint density at radius 2 is 2.06 bits per heavy atom. The Balaban J connectivity index is 2.00. The van der Waals surface area contributed by atoms with Crippen LogP contribution in [0.25, 0.3) is 0 Å². The van der Waals surface area contributed by atoms with Crippen molar-refractivity contribution >= 4 is 45.5 Å². The molecule has 0 saturated carbocycles. The molecule has 1 amide bonds. The lowest BCUT2D eigenvalue weighted by molar-refractivity contribution is -0.385. The first kappa shape index (κ1) is 23.2. The molecule has 0 fully saturated rings. The fourth-order valence-corrected chi connectivity index (χ4v) is 5.33. The van der Waals surface area contributed by atoms with Crippen LogP contribution >= 0.6 is 22.9 Å². The highest BCUT2D eigenvalue weighted by atomic mass is 35.5. The number of benzene rings is 1. The monoisotopic (exact) mass is 464 g/mol. The number of fused-ring (bicyclic) bond motifs is 1. The van der Waals surface area contributed by atoms with Crippen molar-refractivity contribution in [2.45, 2.75) is 47.0 Å². The first-order valence-electron chi connectivity index (χ1n) is 10.1. The highest BCUT2D eigenvalue weighted by molar-refractivity contribution is 7.17. The molecular formula is C22H25ClN2O5S. The van der Waals surface area contributed by atoms with Crippen LogP contribution in [0.5, 0.6) is 0 Å². The van der Waals surface area contributed by atoms with Crippen LogP contribution in [-0.2, 0) is 17.6 Å². The van der Waals surface area contributed by atoms with Gasteiger partial charge >= 0.3 is 5.97 Å². The van der Waals surface area contributed by atoms with E-state index in [0.717, 1.165) is 35.8 Å². The van der Waals surface area contributed by atoms with Crippen LogP contribution in [0.4, 0.5) is 10.7 Å². The number of hydrogen-bond donors (Lipinski definition) is 1. The lowest BCUT2D eigenvalue weighted by Crippen LogP contribution is -2.26. The van der Waals surface area contributed by atoms with Gasteiger partial charge in [-0.05, 0) is 55.2 Å². The van der Waals surface area contributed by atoms with Crippen molar-refractivity contribution in [1.82, 2.24) is 0 Å². The molecule has 0 radical (unpaired) electrons. The van der Waals surface area contributed by atoms with E-state index < -0.39 is 22.5 Å². The van der Waals surface area contributed by atoms with Crippen LogP contribution in [0.15, 0.2) is 18.2 Å². The molecule has 0 saturated heterocycles. The maximum absolute atomic E-state index is 12.9. The van der Waals surface area contributed by atoms with E-state index in [2.05, 4.69) is 26.1 Å². The molecule has 166 valence electrons. The first-order valence-corrected chi connectivity index (χ1v) is 11.3. The van der Waals surface area contributed by atoms with Crippen molar-refractivity contribution in [3.05, 3.63) is 54.9 Å². The Morgan fingerprint density at radius 3 is 2.68 bits per heavy atom. The van der Waals surface area contributed by atoms with Gasteiger partial charge in [0, 0.05) is 16.0 Å². The van der Waals surface area contributed by atoms with Crippen LogP contribution in [0, 0.1) is 21.4 Å². The lowest BCUT2D eigenvalue weighted by atomic mass is 9.72.